The summed E-state index contributed by atoms with van der Waals surface area (Å²) in [5, 5.41) is 14.4. The summed E-state index contributed by atoms with van der Waals surface area (Å²) in [4.78, 5) is 10.6. The largest absolute Gasteiger partial charge is 0.487 e. The molecule has 0 saturated carbocycles. The second-order valence-corrected chi connectivity index (χ2v) is 5.34. The third-order valence-electron chi connectivity index (χ3n) is 3.47. The summed E-state index contributed by atoms with van der Waals surface area (Å²) in [5.74, 6) is 0.326. The molecule has 1 aliphatic heterocycles. The maximum Gasteiger partial charge on any atom is 0.311 e. The molecule has 1 fully saturated rings. The van der Waals surface area contributed by atoms with Gasteiger partial charge in [0.15, 0.2) is 5.75 Å². The van der Waals surface area contributed by atoms with E-state index in [9.17, 15) is 10.1 Å². The number of anilines is 1. The predicted octanol–water partition coefficient (Wildman–Crippen LogP) is 3.36. The first kappa shape index (κ1) is 15.6. The number of nitrogens with zero attached hydrogens (tertiary/aromatic N) is 1. The summed E-state index contributed by atoms with van der Waals surface area (Å²) in [6, 6.07) is 5.27. The van der Waals surface area contributed by atoms with Gasteiger partial charge in [0.1, 0.15) is 0 Å². The Kier molecular flexibility index (Phi) is 5.38. The van der Waals surface area contributed by atoms with Gasteiger partial charge in [-0.1, -0.05) is 6.92 Å². The molecule has 0 amide bonds. The zero-order chi connectivity index (χ0) is 15.2. The molecular weight excluding hydrogens is 272 g/mol. The third-order valence-corrected chi connectivity index (χ3v) is 3.47. The van der Waals surface area contributed by atoms with E-state index in [0.29, 0.717) is 18.4 Å². The average molecular weight is 294 g/mol. The van der Waals surface area contributed by atoms with Crippen LogP contribution in [0.3, 0.4) is 0 Å². The standard InChI is InChI=1S/C15H22N2O4/c1-3-7-21-15-10-12(4-5-14(15)17(18)19)16-13-6-8-20-11(2)9-13/h4-5,10-11,13,16H,3,6-9H2,1-2H3. The molecule has 1 N–H and O–H groups in total. The van der Waals surface area contributed by atoms with Crippen molar-refractivity contribution < 1.29 is 14.4 Å². The highest BCUT2D eigenvalue weighted by molar-refractivity contribution is 5.58. The van der Waals surface area contributed by atoms with Crippen LogP contribution in [0.4, 0.5) is 11.4 Å². The Hall–Kier alpha value is -1.82. The van der Waals surface area contributed by atoms with Crippen molar-refractivity contribution in [3.63, 3.8) is 0 Å². The topological polar surface area (TPSA) is 73.6 Å². The summed E-state index contributed by atoms with van der Waals surface area (Å²) >= 11 is 0. The highest BCUT2D eigenvalue weighted by atomic mass is 16.6. The molecule has 1 aromatic carbocycles. The van der Waals surface area contributed by atoms with Gasteiger partial charge in [0, 0.05) is 30.5 Å². The molecule has 6 heteroatoms. The first-order valence-corrected chi connectivity index (χ1v) is 7.39. The second kappa shape index (κ2) is 7.26. The summed E-state index contributed by atoms with van der Waals surface area (Å²) in [6.45, 7) is 5.24. The van der Waals surface area contributed by atoms with Crippen LogP contribution in [0.25, 0.3) is 0 Å². The maximum absolute atomic E-state index is 11.0. The molecule has 2 rings (SSSR count). The minimum atomic E-state index is -0.411. The first-order valence-electron chi connectivity index (χ1n) is 7.39. The fourth-order valence-corrected chi connectivity index (χ4v) is 2.45. The van der Waals surface area contributed by atoms with Gasteiger partial charge in [-0.05, 0) is 32.3 Å². The highest BCUT2D eigenvalue weighted by Crippen LogP contribution is 2.31. The van der Waals surface area contributed by atoms with Crippen LogP contribution in [0, 0.1) is 10.1 Å². The number of nitro groups is 1. The predicted molar refractivity (Wildman–Crippen MR) is 80.9 cm³/mol. The first-order chi connectivity index (χ1) is 10.1. The van der Waals surface area contributed by atoms with Crippen LogP contribution in [-0.4, -0.2) is 30.3 Å². The molecule has 21 heavy (non-hydrogen) atoms. The zero-order valence-electron chi connectivity index (χ0n) is 12.5. The van der Waals surface area contributed by atoms with Crippen molar-refractivity contribution in [1.29, 1.82) is 0 Å². The van der Waals surface area contributed by atoms with Crippen LogP contribution in [-0.2, 0) is 4.74 Å². The van der Waals surface area contributed by atoms with Crippen molar-refractivity contribution >= 4 is 11.4 Å². The Morgan fingerprint density at radius 3 is 3.00 bits per heavy atom. The lowest BCUT2D eigenvalue weighted by Gasteiger charge is -2.28. The number of nitrogens with one attached hydrogen (secondary N) is 1. The molecule has 0 spiro atoms. The second-order valence-electron chi connectivity index (χ2n) is 5.34. The van der Waals surface area contributed by atoms with Crippen LogP contribution in [0.15, 0.2) is 18.2 Å². The highest BCUT2D eigenvalue weighted by Gasteiger charge is 2.21. The lowest BCUT2D eigenvalue weighted by molar-refractivity contribution is -0.385. The summed E-state index contributed by atoms with van der Waals surface area (Å²) in [5.41, 5.74) is 0.861. The Morgan fingerprint density at radius 2 is 2.33 bits per heavy atom. The van der Waals surface area contributed by atoms with Gasteiger partial charge in [-0.25, -0.2) is 0 Å². The molecule has 0 bridgehead atoms. The van der Waals surface area contributed by atoms with Gasteiger partial charge in [-0.15, -0.1) is 0 Å². The number of rotatable bonds is 6. The van der Waals surface area contributed by atoms with Crippen LogP contribution >= 0.6 is 0 Å². The molecule has 2 atom stereocenters. The molecule has 0 aliphatic carbocycles. The van der Waals surface area contributed by atoms with Gasteiger partial charge in [0.2, 0.25) is 0 Å². The van der Waals surface area contributed by atoms with E-state index in [2.05, 4.69) is 12.2 Å². The number of nitro benzene ring substituents is 1. The Labute approximate surface area is 124 Å². The molecule has 1 saturated heterocycles. The van der Waals surface area contributed by atoms with E-state index in [4.69, 9.17) is 9.47 Å². The van der Waals surface area contributed by atoms with E-state index < -0.39 is 4.92 Å². The number of benzene rings is 1. The molecule has 6 nitrogen and oxygen atoms in total. The minimum absolute atomic E-state index is 0.00865. The molecule has 1 heterocycles. The molecular formula is C15H22N2O4. The lowest BCUT2D eigenvalue weighted by atomic mass is 10.0. The molecule has 1 aliphatic rings. The van der Waals surface area contributed by atoms with Crippen LogP contribution in [0.5, 0.6) is 5.75 Å². The van der Waals surface area contributed by atoms with Crippen molar-refractivity contribution in [3.8, 4) is 5.75 Å². The maximum atomic E-state index is 11.0. The Balaban J connectivity index is 2.10. The number of hydrogen-bond acceptors (Lipinski definition) is 5. The van der Waals surface area contributed by atoms with Crippen molar-refractivity contribution in [3.05, 3.63) is 28.3 Å². The zero-order valence-corrected chi connectivity index (χ0v) is 12.5. The Morgan fingerprint density at radius 1 is 1.52 bits per heavy atom. The summed E-state index contributed by atoms with van der Waals surface area (Å²) in [7, 11) is 0. The minimum Gasteiger partial charge on any atom is -0.487 e. The molecule has 2 unspecified atom stereocenters. The van der Waals surface area contributed by atoms with Gasteiger partial charge in [-0.3, -0.25) is 10.1 Å². The molecule has 116 valence electrons. The van der Waals surface area contributed by atoms with Crippen LogP contribution < -0.4 is 10.1 Å². The van der Waals surface area contributed by atoms with Crippen LogP contribution in [0.1, 0.15) is 33.1 Å². The smallest absolute Gasteiger partial charge is 0.311 e. The van der Waals surface area contributed by atoms with Crippen molar-refractivity contribution in [1.82, 2.24) is 0 Å². The number of hydrogen-bond donors (Lipinski definition) is 1. The average Bonchev–Trinajstić information content (AvgIpc) is 2.45. The van der Waals surface area contributed by atoms with E-state index in [1.165, 1.54) is 6.07 Å². The van der Waals surface area contributed by atoms with Crippen molar-refractivity contribution in [2.24, 2.45) is 0 Å². The van der Waals surface area contributed by atoms with E-state index >= 15 is 0 Å². The van der Waals surface area contributed by atoms with Gasteiger partial charge < -0.3 is 14.8 Å². The molecule has 1 aromatic rings. The van der Waals surface area contributed by atoms with Gasteiger partial charge in [0.05, 0.1) is 17.6 Å². The van der Waals surface area contributed by atoms with E-state index in [1.54, 1.807) is 12.1 Å². The van der Waals surface area contributed by atoms with Crippen LogP contribution in [0.2, 0.25) is 0 Å². The van der Waals surface area contributed by atoms with E-state index in [1.807, 2.05) is 6.92 Å². The lowest BCUT2D eigenvalue weighted by Crippen LogP contribution is -2.32. The van der Waals surface area contributed by atoms with E-state index in [0.717, 1.165) is 31.6 Å². The monoisotopic (exact) mass is 294 g/mol. The fourth-order valence-electron chi connectivity index (χ4n) is 2.45. The third kappa shape index (κ3) is 4.32. The summed E-state index contributed by atoms with van der Waals surface area (Å²) in [6.07, 6.45) is 2.92. The van der Waals surface area contributed by atoms with Crippen molar-refractivity contribution in [2.75, 3.05) is 18.5 Å². The quantitative estimate of drug-likeness (QED) is 0.643. The Bertz CT molecular complexity index is 493. The SMILES string of the molecule is CCCOc1cc(NC2CCOC(C)C2)ccc1[N+](=O)[O-]. The van der Waals surface area contributed by atoms with Crippen molar-refractivity contribution in [2.45, 2.75) is 45.3 Å². The summed E-state index contributed by atoms with van der Waals surface area (Å²) < 4.78 is 11.0. The normalized spacial score (nSPS) is 21.8. The van der Waals surface area contributed by atoms with Gasteiger partial charge in [0.25, 0.3) is 0 Å². The van der Waals surface area contributed by atoms with Gasteiger partial charge >= 0.3 is 5.69 Å². The van der Waals surface area contributed by atoms with Gasteiger partial charge in [-0.2, -0.15) is 0 Å². The molecule has 0 radical (unpaired) electrons. The van der Waals surface area contributed by atoms with E-state index in [-0.39, 0.29) is 11.8 Å². The fraction of sp³-hybridized carbons (Fsp3) is 0.600. The number of ether oxygens (including phenoxy) is 2. The molecule has 0 aromatic heterocycles.